The fourth-order valence-electron chi connectivity index (χ4n) is 1.30. The number of benzene rings is 1. The number of aryl methyl sites for hydroxylation is 1. The van der Waals surface area contributed by atoms with Crippen LogP contribution in [-0.4, -0.2) is 0 Å². The van der Waals surface area contributed by atoms with Crippen LogP contribution < -0.4 is 0 Å². The molecule has 0 radical (unpaired) electrons. The van der Waals surface area contributed by atoms with Crippen LogP contribution in [0.2, 0.25) is 0 Å². The third-order valence-electron chi connectivity index (χ3n) is 2.99. The largest absolute Gasteiger partial charge is 0.0958 e. The summed E-state index contributed by atoms with van der Waals surface area (Å²) in [4.78, 5) is 0. The van der Waals surface area contributed by atoms with Crippen LogP contribution in [0.3, 0.4) is 0 Å². The highest BCUT2D eigenvalue weighted by atomic mass is 14.1. The standard InChI is InChI=1S/C15H18.C4H10/c1-11(2)13(4)10-14(5)15-8-6-12(3)7-9-15;1-3-4-2/h6-9H,1,4-5,10H2,2-3H3;3-4H2,1-2H3. The lowest BCUT2D eigenvalue weighted by atomic mass is 9.97. The molecule has 0 atom stereocenters. The average Bonchev–Trinajstić information content (AvgIpc) is 2.39. The Morgan fingerprint density at radius 3 is 1.79 bits per heavy atom. The van der Waals surface area contributed by atoms with Gasteiger partial charge in [0.25, 0.3) is 0 Å². The van der Waals surface area contributed by atoms with Crippen LogP contribution in [0.5, 0.6) is 0 Å². The second-order valence-corrected chi connectivity index (χ2v) is 5.03. The molecule has 0 aliphatic carbocycles. The summed E-state index contributed by atoms with van der Waals surface area (Å²) < 4.78 is 0. The molecule has 104 valence electrons. The van der Waals surface area contributed by atoms with Gasteiger partial charge in [-0.25, -0.2) is 0 Å². The number of rotatable bonds is 5. The van der Waals surface area contributed by atoms with E-state index in [4.69, 9.17) is 0 Å². The summed E-state index contributed by atoms with van der Waals surface area (Å²) in [5.74, 6) is 0. The molecule has 0 spiro atoms. The van der Waals surface area contributed by atoms with Crippen molar-refractivity contribution in [1.29, 1.82) is 0 Å². The second-order valence-electron chi connectivity index (χ2n) is 5.03. The smallest absolute Gasteiger partial charge is 0.00292 e. The lowest BCUT2D eigenvalue weighted by Gasteiger charge is -2.08. The van der Waals surface area contributed by atoms with E-state index in [9.17, 15) is 0 Å². The molecule has 0 heteroatoms. The Labute approximate surface area is 119 Å². The van der Waals surface area contributed by atoms with E-state index in [-0.39, 0.29) is 0 Å². The molecule has 0 aliphatic rings. The molecule has 1 rings (SSSR count). The normalized spacial score (nSPS) is 9.26. The van der Waals surface area contributed by atoms with Crippen LogP contribution in [0.15, 0.2) is 55.1 Å². The van der Waals surface area contributed by atoms with E-state index >= 15 is 0 Å². The second kappa shape index (κ2) is 9.38. The van der Waals surface area contributed by atoms with Gasteiger partial charge in [-0.05, 0) is 37.0 Å². The molecule has 19 heavy (non-hydrogen) atoms. The molecule has 0 saturated carbocycles. The van der Waals surface area contributed by atoms with Gasteiger partial charge >= 0.3 is 0 Å². The zero-order valence-corrected chi connectivity index (χ0v) is 13.1. The van der Waals surface area contributed by atoms with Crippen LogP contribution in [0.1, 0.15) is 51.2 Å². The highest BCUT2D eigenvalue weighted by molar-refractivity contribution is 5.66. The highest BCUT2D eigenvalue weighted by Crippen LogP contribution is 2.23. The van der Waals surface area contributed by atoms with Gasteiger partial charge in [0.05, 0.1) is 0 Å². The minimum absolute atomic E-state index is 0.804. The molecule has 0 aliphatic heterocycles. The lowest BCUT2D eigenvalue weighted by Crippen LogP contribution is -1.87. The average molecular weight is 256 g/mol. The van der Waals surface area contributed by atoms with E-state index in [0.717, 1.165) is 23.1 Å². The Hall–Kier alpha value is -1.56. The fourth-order valence-corrected chi connectivity index (χ4v) is 1.30. The highest BCUT2D eigenvalue weighted by Gasteiger charge is 2.01. The topological polar surface area (TPSA) is 0 Å². The molecule has 0 N–H and O–H groups in total. The maximum atomic E-state index is 4.08. The van der Waals surface area contributed by atoms with Crippen molar-refractivity contribution in [2.75, 3.05) is 0 Å². The Morgan fingerprint density at radius 1 is 0.947 bits per heavy atom. The predicted octanol–water partition coefficient (Wildman–Crippen LogP) is 6.34. The van der Waals surface area contributed by atoms with Gasteiger partial charge in [0.2, 0.25) is 0 Å². The van der Waals surface area contributed by atoms with Crippen LogP contribution in [0.4, 0.5) is 0 Å². The summed E-state index contributed by atoms with van der Waals surface area (Å²) in [6, 6.07) is 8.40. The van der Waals surface area contributed by atoms with E-state index in [1.54, 1.807) is 0 Å². The summed E-state index contributed by atoms with van der Waals surface area (Å²) >= 11 is 0. The van der Waals surface area contributed by atoms with Gasteiger partial charge < -0.3 is 0 Å². The summed E-state index contributed by atoms with van der Waals surface area (Å²) in [6.45, 7) is 20.3. The number of hydrogen-bond donors (Lipinski definition) is 0. The van der Waals surface area contributed by atoms with Gasteiger partial charge in [0.1, 0.15) is 0 Å². The summed E-state index contributed by atoms with van der Waals surface area (Å²) in [6.07, 6.45) is 3.44. The quantitative estimate of drug-likeness (QED) is 0.539. The molecule has 0 fully saturated rings. The van der Waals surface area contributed by atoms with Crippen molar-refractivity contribution in [2.24, 2.45) is 0 Å². The molecular weight excluding hydrogens is 228 g/mol. The van der Waals surface area contributed by atoms with Crippen molar-refractivity contribution in [1.82, 2.24) is 0 Å². The molecule has 0 heterocycles. The first-order chi connectivity index (χ1) is 8.92. The Balaban J connectivity index is 0.000000711. The van der Waals surface area contributed by atoms with Gasteiger partial charge in [-0.1, -0.05) is 81.8 Å². The Bertz CT molecular complexity index is 416. The maximum absolute atomic E-state index is 4.08. The van der Waals surface area contributed by atoms with Gasteiger partial charge in [0, 0.05) is 0 Å². The van der Waals surface area contributed by atoms with Gasteiger partial charge in [-0.3, -0.25) is 0 Å². The summed E-state index contributed by atoms with van der Waals surface area (Å²) in [5, 5.41) is 0. The first kappa shape index (κ1) is 17.4. The van der Waals surface area contributed by atoms with E-state index in [1.807, 2.05) is 6.92 Å². The minimum Gasteiger partial charge on any atom is -0.0958 e. The number of unbranched alkanes of at least 4 members (excludes halogenated alkanes) is 1. The zero-order chi connectivity index (χ0) is 14.8. The first-order valence-electron chi connectivity index (χ1n) is 7.00. The molecule has 1 aromatic rings. The van der Waals surface area contributed by atoms with Crippen LogP contribution >= 0.6 is 0 Å². The Kier molecular flexibility index (Phi) is 8.61. The lowest BCUT2D eigenvalue weighted by molar-refractivity contribution is 0.886. The molecule has 0 bridgehead atoms. The Morgan fingerprint density at radius 2 is 1.42 bits per heavy atom. The van der Waals surface area contributed by atoms with Crippen LogP contribution in [0.25, 0.3) is 5.57 Å². The predicted molar refractivity (Wildman–Crippen MR) is 89.4 cm³/mol. The fraction of sp³-hybridized carbons (Fsp3) is 0.368. The zero-order valence-electron chi connectivity index (χ0n) is 13.1. The SMILES string of the molecule is C=C(C)C(=C)CC(=C)c1ccc(C)cc1.CCCC. The molecule has 1 aromatic carbocycles. The minimum atomic E-state index is 0.804. The van der Waals surface area contributed by atoms with Crippen LogP contribution in [-0.2, 0) is 0 Å². The molecule has 0 nitrogen and oxygen atoms in total. The van der Waals surface area contributed by atoms with Crippen molar-refractivity contribution in [3.05, 3.63) is 66.3 Å². The molecule has 0 unspecified atom stereocenters. The third-order valence-corrected chi connectivity index (χ3v) is 2.99. The van der Waals surface area contributed by atoms with Crippen molar-refractivity contribution in [2.45, 2.75) is 47.0 Å². The summed E-state index contributed by atoms with van der Waals surface area (Å²) in [7, 11) is 0. The van der Waals surface area contributed by atoms with Crippen molar-refractivity contribution in [3.8, 4) is 0 Å². The van der Waals surface area contributed by atoms with Gasteiger partial charge in [0.15, 0.2) is 0 Å². The van der Waals surface area contributed by atoms with Gasteiger partial charge in [-0.15, -0.1) is 0 Å². The molecular formula is C19H28. The first-order valence-corrected chi connectivity index (χ1v) is 7.00. The van der Waals surface area contributed by atoms with Crippen LogP contribution in [0, 0.1) is 6.92 Å². The van der Waals surface area contributed by atoms with E-state index < -0.39 is 0 Å². The maximum Gasteiger partial charge on any atom is -0.00292 e. The number of hydrogen-bond acceptors (Lipinski definition) is 0. The molecule has 0 aromatic heterocycles. The summed E-state index contributed by atoms with van der Waals surface area (Å²) in [5.41, 5.74) is 5.64. The van der Waals surface area contributed by atoms with Crippen molar-refractivity contribution in [3.63, 3.8) is 0 Å². The van der Waals surface area contributed by atoms with Gasteiger partial charge in [-0.2, -0.15) is 0 Å². The molecule has 0 saturated heterocycles. The van der Waals surface area contributed by atoms with E-state index in [0.29, 0.717) is 0 Å². The monoisotopic (exact) mass is 256 g/mol. The molecule has 0 amide bonds. The van der Waals surface area contributed by atoms with E-state index in [2.05, 4.69) is 64.8 Å². The third kappa shape index (κ3) is 7.46. The van der Waals surface area contributed by atoms with Crippen molar-refractivity contribution < 1.29 is 0 Å². The number of allylic oxidation sites excluding steroid dienone is 3. The van der Waals surface area contributed by atoms with E-state index in [1.165, 1.54) is 24.0 Å². The van der Waals surface area contributed by atoms with Crippen molar-refractivity contribution >= 4 is 5.57 Å².